The van der Waals surface area contributed by atoms with Gasteiger partial charge in [0.2, 0.25) is 0 Å². The molecule has 0 aliphatic carbocycles. The number of benzene rings is 1. The van der Waals surface area contributed by atoms with E-state index in [2.05, 4.69) is 58.1 Å². The fourth-order valence-corrected chi connectivity index (χ4v) is 2.87. The summed E-state index contributed by atoms with van der Waals surface area (Å²) < 4.78 is 6.08. The van der Waals surface area contributed by atoms with E-state index >= 15 is 0 Å². The van der Waals surface area contributed by atoms with E-state index in [9.17, 15) is 0 Å². The molecule has 0 saturated carbocycles. The Hall–Kier alpha value is -1.28. The molecule has 0 aliphatic rings. The largest absolute Gasteiger partial charge is 0.461 e. The Morgan fingerprint density at radius 1 is 1.15 bits per heavy atom. The first-order valence-corrected chi connectivity index (χ1v) is 7.78. The Bertz CT molecular complexity index is 568. The van der Waals surface area contributed by atoms with Crippen molar-refractivity contribution in [3.8, 4) is 0 Å². The van der Waals surface area contributed by atoms with Crippen LogP contribution in [0.3, 0.4) is 0 Å². The van der Waals surface area contributed by atoms with Gasteiger partial charge in [-0.25, -0.2) is 0 Å². The molecule has 1 unspecified atom stereocenters. The lowest BCUT2D eigenvalue weighted by molar-refractivity contribution is 0.235. The van der Waals surface area contributed by atoms with Crippen LogP contribution in [0.15, 0.2) is 28.7 Å². The number of para-hydroxylation sites is 1. The molecule has 0 aliphatic heterocycles. The van der Waals surface area contributed by atoms with Gasteiger partial charge in [0.05, 0.1) is 0 Å². The number of hydrogen-bond acceptors (Lipinski definition) is 2. The van der Waals surface area contributed by atoms with Crippen molar-refractivity contribution in [1.29, 1.82) is 0 Å². The second-order valence-corrected chi connectivity index (χ2v) is 6.12. The lowest BCUT2D eigenvalue weighted by atomic mass is 9.77. The highest BCUT2D eigenvalue weighted by atomic mass is 16.3. The van der Waals surface area contributed by atoms with Crippen molar-refractivity contribution in [3.63, 3.8) is 0 Å². The topological polar surface area (TPSA) is 25.2 Å². The third-order valence-electron chi connectivity index (χ3n) is 4.42. The van der Waals surface area contributed by atoms with Crippen molar-refractivity contribution in [1.82, 2.24) is 5.32 Å². The summed E-state index contributed by atoms with van der Waals surface area (Å²) in [6.45, 7) is 12.2. The SMILES string of the molecule is CCNC(c1c(CC)oc2ccccc12)C(C)(C)CC. The van der Waals surface area contributed by atoms with Crippen LogP contribution in [0.25, 0.3) is 11.0 Å². The molecule has 0 saturated heterocycles. The normalized spacial score (nSPS) is 13.8. The quantitative estimate of drug-likeness (QED) is 0.793. The lowest BCUT2D eigenvalue weighted by Crippen LogP contribution is -2.34. The van der Waals surface area contributed by atoms with Crippen LogP contribution in [0, 0.1) is 5.41 Å². The van der Waals surface area contributed by atoms with Gasteiger partial charge in [-0.3, -0.25) is 0 Å². The van der Waals surface area contributed by atoms with Gasteiger partial charge in [-0.1, -0.05) is 52.8 Å². The molecule has 2 nitrogen and oxygen atoms in total. The van der Waals surface area contributed by atoms with Crippen molar-refractivity contribution < 1.29 is 4.42 Å². The molecular weight excluding hydrogens is 246 g/mol. The van der Waals surface area contributed by atoms with E-state index in [1.807, 2.05) is 6.07 Å². The predicted molar refractivity (Wildman–Crippen MR) is 86.1 cm³/mol. The van der Waals surface area contributed by atoms with Gasteiger partial charge in [0.1, 0.15) is 11.3 Å². The van der Waals surface area contributed by atoms with E-state index in [0.29, 0.717) is 6.04 Å². The van der Waals surface area contributed by atoms with E-state index in [4.69, 9.17) is 4.42 Å². The van der Waals surface area contributed by atoms with Crippen LogP contribution in [-0.4, -0.2) is 6.54 Å². The molecule has 1 atom stereocenters. The van der Waals surface area contributed by atoms with Crippen molar-refractivity contribution in [2.45, 2.75) is 53.5 Å². The molecule has 0 amide bonds. The average molecular weight is 273 g/mol. The first kappa shape index (κ1) is 15.1. The van der Waals surface area contributed by atoms with E-state index in [-0.39, 0.29) is 5.41 Å². The van der Waals surface area contributed by atoms with E-state index < -0.39 is 0 Å². The summed E-state index contributed by atoms with van der Waals surface area (Å²) in [5.74, 6) is 1.12. The fourth-order valence-electron chi connectivity index (χ4n) is 2.87. The van der Waals surface area contributed by atoms with Gasteiger partial charge in [0.25, 0.3) is 0 Å². The molecule has 1 heterocycles. The van der Waals surface area contributed by atoms with Crippen LogP contribution >= 0.6 is 0 Å². The van der Waals surface area contributed by atoms with Crippen molar-refractivity contribution in [3.05, 3.63) is 35.6 Å². The Kier molecular flexibility index (Phi) is 4.54. The Morgan fingerprint density at radius 3 is 2.45 bits per heavy atom. The summed E-state index contributed by atoms with van der Waals surface area (Å²) in [7, 11) is 0. The van der Waals surface area contributed by atoms with Crippen LogP contribution in [0.5, 0.6) is 0 Å². The summed E-state index contributed by atoms with van der Waals surface area (Å²) in [6.07, 6.45) is 2.07. The van der Waals surface area contributed by atoms with Gasteiger partial charge in [-0.05, 0) is 24.4 Å². The Morgan fingerprint density at radius 2 is 1.85 bits per heavy atom. The zero-order valence-electron chi connectivity index (χ0n) is 13.4. The highest BCUT2D eigenvalue weighted by Crippen LogP contribution is 2.42. The van der Waals surface area contributed by atoms with Gasteiger partial charge in [0.15, 0.2) is 0 Å². The van der Waals surface area contributed by atoms with Gasteiger partial charge >= 0.3 is 0 Å². The molecule has 20 heavy (non-hydrogen) atoms. The molecule has 2 aromatic rings. The number of furan rings is 1. The number of rotatable bonds is 6. The molecule has 2 rings (SSSR count). The maximum atomic E-state index is 6.08. The predicted octanol–water partition coefficient (Wildman–Crippen LogP) is 5.08. The first-order chi connectivity index (χ1) is 9.55. The van der Waals surface area contributed by atoms with Gasteiger partial charge < -0.3 is 9.73 Å². The Balaban J connectivity index is 2.63. The Labute approximate surface area is 122 Å². The van der Waals surface area contributed by atoms with Gasteiger partial charge in [0, 0.05) is 23.4 Å². The molecule has 110 valence electrons. The van der Waals surface area contributed by atoms with Crippen molar-refractivity contribution in [2.75, 3.05) is 6.54 Å². The molecule has 0 spiro atoms. The van der Waals surface area contributed by atoms with Crippen molar-refractivity contribution >= 4 is 11.0 Å². The zero-order valence-corrected chi connectivity index (χ0v) is 13.4. The van der Waals surface area contributed by atoms with E-state index in [1.54, 1.807) is 0 Å². The van der Waals surface area contributed by atoms with E-state index in [0.717, 1.165) is 30.7 Å². The molecule has 1 N–H and O–H groups in total. The van der Waals surface area contributed by atoms with E-state index in [1.165, 1.54) is 10.9 Å². The summed E-state index contributed by atoms with van der Waals surface area (Å²) in [5.41, 5.74) is 2.57. The minimum absolute atomic E-state index is 0.201. The minimum atomic E-state index is 0.201. The third kappa shape index (κ3) is 2.62. The monoisotopic (exact) mass is 273 g/mol. The highest BCUT2D eigenvalue weighted by Gasteiger charge is 2.32. The van der Waals surface area contributed by atoms with Gasteiger partial charge in [-0.2, -0.15) is 0 Å². The summed E-state index contributed by atoms with van der Waals surface area (Å²) in [4.78, 5) is 0. The number of fused-ring (bicyclic) bond motifs is 1. The lowest BCUT2D eigenvalue weighted by Gasteiger charge is -2.34. The van der Waals surface area contributed by atoms with Crippen LogP contribution in [0.4, 0.5) is 0 Å². The highest BCUT2D eigenvalue weighted by molar-refractivity contribution is 5.83. The summed E-state index contributed by atoms with van der Waals surface area (Å²) in [6, 6.07) is 8.73. The summed E-state index contributed by atoms with van der Waals surface area (Å²) >= 11 is 0. The molecule has 1 aromatic carbocycles. The first-order valence-electron chi connectivity index (χ1n) is 7.78. The summed E-state index contributed by atoms with van der Waals surface area (Å²) in [5, 5.41) is 4.94. The fraction of sp³-hybridized carbons (Fsp3) is 0.556. The number of hydrogen-bond donors (Lipinski definition) is 1. The molecular formula is C18H27NO. The second kappa shape index (κ2) is 6.01. The molecule has 2 heteroatoms. The number of aryl methyl sites for hydroxylation is 1. The average Bonchev–Trinajstić information content (AvgIpc) is 2.82. The van der Waals surface area contributed by atoms with Crippen LogP contribution in [0.2, 0.25) is 0 Å². The maximum Gasteiger partial charge on any atom is 0.134 e. The van der Waals surface area contributed by atoms with Crippen molar-refractivity contribution in [2.24, 2.45) is 5.41 Å². The van der Waals surface area contributed by atoms with Crippen LogP contribution in [0.1, 0.15) is 58.4 Å². The second-order valence-electron chi connectivity index (χ2n) is 6.12. The standard InChI is InChI=1S/C18H27NO/c1-6-14-16(13-11-9-10-12-15(13)20-14)17(19-8-3)18(4,5)7-2/h9-12,17,19H,6-8H2,1-5H3. The van der Waals surface area contributed by atoms with Crippen LogP contribution < -0.4 is 5.32 Å². The molecule has 0 radical (unpaired) electrons. The zero-order chi connectivity index (χ0) is 14.8. The van der Waals surface area contributed by atoms with Crippen LogP contribution in [-0.2, 0) is 6.42 Å². The molecule has 1 aromatic heterocycles. The number of nitrogens with one attached hydrogen (secondary N) is 1. The molecule has 0 fully saturated rings. The third-order valence-corrected chi connectivity index (χ3v) is 4.42. The van der Waals surface area contributed by atoms with Gasteiger partial charge in [-0.15, -0.1) is 0 Å². The maximum absolute atomic E-state index is 6.08. The molecule has 0 bridgehead atoms. The smallest absolute Gasteiger partial charge is 0.134 e. The minimum Gasteiger partial charge on any atom is -0.461 e.